The number of nitrogens with zero attached hydrogens (tertiary/aromatic N) is 3. The average molecular weight is 243 g/mol. The molecule has 0 atom stereocenters. The largest absolute Gasteiger partial charge is 0.497 e. The van der Waals surface area contributed by atoms with Crippen LogP contribution in [0, 0.1) is 0 Å². The molecule has 0 aliphatic carbocycles. The average Bonchev–Trinajstić information content (AvgIpc) is 2.87. The maximum Gasteiger partial charge on any atom is 0.119 e. The van der Waals surface area contributed by atoms with Crippen LogP contribution in [0.25, 0.3) is 0 Å². The van der Waals surface area contributed by atoms with Gasteiger partial charge in [0.15, 0.2) is 0 Å². The van der Waals surface area contributed by atoms with E-state index < -0.39 is 0 Å². The number of benzene rings is 1. The molecule has 0 unspecified atom stereocenters. The van der Waals surface area contributed by atoms with Crippen LogP contribution in [0.3, 0.4) is 0 Å². The van der Waals surface area contributed by atoms with Crippen molar-refractivity contribution in [3.63, 3.8) is 0 Å². The molecule has 1 aliphatic heterocycles. The number of aromatic nitrogens is 2. The molecule has 0 radical (unpaired) electrons. The Morgan fingerprint density at radius 3 is 2.94 bits per heavy atom. The van der Waals surface area contributed by atoms with Gasteiger partial charge >= 0.3 is 0 Å². The van der Waals surface area contributed by atoms with Gasteiger partial charge in [0.2, 0.25) is 0 Å². The van der Waals surface area contributed by atoms with Gasteiger partial charge in [-0.15, -0.1) is 0 Å². The molecule has 2 heterocycles. The van der Waals surface area contributed by atoms with Gasteiger partial charge in [0.1, 0.15) is 5.75 Å². The van der Waals surface area contributed by atoms with Crippen molar-refractivity contribution in [2.24, 2.45) is 0 Å². The van der Waals surface area contributed by atoms with Crippen LogP contribution < -0.4 is 4.74 Å². The van der Waals surface area contributed by atoms with Gasteiger partial charge in [0.05, 0.1) is 13.2 Å². The third-order valence-electron chi connectivity index (χ3n) is 3.38. The minimum atomic E-state index is 0.533. The van der Waals surface area contributed by atoms with E-state index in [1.54, 1.807) is 7.11 Å². The van der Waals surface area contributed by atoms with Gasteiger partial charge in [-0.25, -0.2) is 0 Å². The molecule has 4 heteroatoms. The lowest BCUT2D eigenvalue weighted by atomic mass is 10.1. The third kappa shape index (κ3) is 2.24. The molecule has 1 aliphatic rings. The maximum absolute atomic E-state index is 5.24. The number of rotatable bonds is 4. The Hall–Kier alpha value is -1.81. The van der Waals surface area contributed by atoms with E-state index in [1.165, 1.54) is 5.56 Å². The van der Waals surface area contributed by atoms with Gasteiger partial charge in [-0.1, -0.05) is 12.1 Å². The highest BCUT2D eigenvalue weighted by molar-refractivity contribution is 5.28. The van der Waals surface area contributed by atoms with Crippen molar-refractivity contribution in [3.8, 4) is 5.75 Å². The molecule has 4 nitrogen and oxygen atoms in total. The standard InChI is InChI=1S/C14H17N3O/c1-18-14-5-2-4-12(8-14)9-16-10-13(11-16)17-7-3-6-15-17/h2-8,13H,9-11H2,1H3. The highest BCUT2D eigenvalue weighted by Gasteiger charge is 2.28. The molecule has 3 rings (SSSR count). The summed E-state index contributed by atoms with van der Waals surface area (Å²) in [6.07, 6.45) is 3.87. The summed E-state index contributed by atoms with van der Waals surface area (Å²) in [7, 11) is 1.70. The fourth-order valence-corrected chi connectivity index (χ4v) is 2.36. The Labute approximate surface area is 107 Å². The minimum absolute atomic E-state index is 0.533. The van der Waals surface area contributed by atoms with Gasteiger partial charge in [0.25, 0.3) is 0 Å². The van der Waals surface area contributed by atoms with Crippen LogP contribution in [0.5, 0.6) is 5.75 Å². The zero-order valence-corrected chi connectivity index (χ0v) is 10.5. The Morgan fingerprint density at radius 1 is 1.33 bits per heavy atom. The molecule has 0 N–H and O–H groups in total. The second-order valence-electron chi connectivity index (χ2n) is 4.69. The molecule has 0 bridgehead atoms. The quantitative estimate of drug-likeness (QED) is 0.822. The second kappa shape index (κ2) is 4.82. The molecule has 2 aromatic rings. The normalized spacial score (nSPS) is 16.5. The predicted molar refractivity (Wildman–Crippen MR) is 69.5 cm³/mol. The molecule has 1 aromatic carbocycles. The summed E-state index contributed by atoms with van der Waals surface area (Å²) >= 11 is 0. The molecule has 1 fully saturated rings. The number of hydrogen-bond acceptors (Lipinski definition) is 3. The fraction of sp³-hybridized carbons (Fsp3) is 0.357. The molecule has 0 spiro atoms. The van der Waals surface area contributed by atoms with Crippen molar-refractivity contribution in [1.82, 2.24) is 14.7 Å². The van der Waals surface area contributed by atoms with Crippen molar-refractivity contribution in [2.75, 3.05) is 20.2 Å². The lowest BCUT2D eigenvalue weighted by Gasteiger charge is -2.39. The minimum Gasteiger partial charge on any atom is -0.497 e. The maximum atomic E-state index is 5.24. The summed E-state index contributed by atoms with van der Waals surface area (Å²) in [5, 5.41) is 4.28. The SMILES string of the molecule is COc1cccc(CN2CC(n3cccn3)C2)c1. The topological polar surface area (TPSA) is 30.3 Å². The zero-order valence-electron chi connectivity index (χ0n) is 10.5. The summed E-state index contributed by atoms with van der Waals surface area (Å²) in [4.78, 5) is 2.42. The monoisotopic (exact) mass is 243 g/mol. The Kier molecular flexibility index (Phi) is 3.02. The van der Waals surface area contributed by atoms with Crippen LogP contribution in [0.2, 0.25) is 0 Å². The first-order chi connectivity index (χ1) is 8.85. The highest BCUT2D eigenvalue weighted by Crippen LogP contribution is 2.23. The van der Waals surface area contributed by atoms with Crippen LogP contribution >= 0.6 is 0 Å². The van der Waals surface area contributed by atoms with E-state index in [2.05, 4.69) is 22.1 Å². The van der Waals surface area contributed by atoms with Gasteiger partial charge in [-0.3, -0.25) is 9.58 Å². The van der Waals surface area contributed by atoms with E-state index >= 15 is 0 Å². The Morgan fingerprint density at radius 2 is 2.22 bits per heavy atom. The number of methoxy groups -OCH3 is 1. The lowest BCUT2D eigenvalue weighted by Crippen LogP contribution is -2.47. The Balaban J connectivity index is 1.56. The van der Waals surface area contributed by atoms with Crippen LogP contribution in [-0.4, -0.2) is 34.9 Å². The number of ether oxygens (including phenoxy) is 1. The lowest BCUT2D eigenvalue weighted by molar-refractivity contribution is 0.0908. The first-order valence-corrected chi connectivity index (χ1v) is 6.19. The third-order valence-corrected chi connectivity index (χ3v) is 3.38. The molecule has 1 aromatic heterocycles. The number of likely N-dealkylation sites (tertiary alicyclic amines) is 1. The summed E-state index contributed by atoms with van der Waals surface area (Å²) < 4.78 is 7.28. The van der Waals surface area contributed by atoms with Gasteiger partial charge in [-0.05, 0) is 23.8 Å². The van der Waals surface area contributed by atoms with Crippen molar-refractivity contribution in [3.05, 3.63) is 48.3 Å². The Bertz CT molecular complexity index is 504. The van der Waals surface area contributed by atoms with Crippen molar-refractivity contribution < 1.29 is 4.74 Å². The van der Waals surface area contributed by atoms with E-state index in [-0.39, 0.29) is 0 Å². The molecule has 18 heavy (non-hydrogen) atoms. The van der Waals surface area contributed by atoms with Gasteiger partial charge in [0, 0.05) is 32.0 Å². The molecular formula is C14H17N3O. The summed E-state index contributed by atoms with van der Waals surface area (Å²) in [5.41, 5.74) is 1.30. The van der Waals surface area contributed by atoms with E-state index in [0.29, 0.717) is 6.04 Å². The van der Waals surface area contributed by atoms with Crippen LogP contribution in [-0.2, 0) is 6.54 Å². The van der Waals surface area contributed by atoms with E-state index in [0.717, 1.165) is 25.4 Å². The van der Waals surface area contributed by atoms with Crippen LogP contribution in [0.4, 0.5) is 0 Å². The summed E-state index contributed by atoms with van der Waals surface area (Å²) in [6.45, 7) is 3.12. The zero-order chi connectivity index (χ0) is 12.4. The van der Waals surface area contributed by atoms with E-state index in [4.69, 9.17) is 4.74 Å². The van der Waals surface area contributed by atoms with Crippen molar-refractivity contribution in [2.45, 2.75) is 12.6 Å². The summed E-state index contributed by atoms with van der Waals surface area (Å²) in [5.74, 6) is 0.927. The van der Waals surface area contributed by atoms with Crippen molar-refractivity contribution >= 4 is 0 Å². The predicted octanol–water partition coefficient (Wildman–Crippen LogP) is 1.95. The molecule has 0 saturated carbocycles. The smallest absolute Gasteiger partial charge is 0.119 e. The first kappa shape index (κ1) is 11.3. The fourth-order valence-electron chi connectivity index (χ4n) is 2.36. The van der Waals surface area contributed by atoms with Crippen LogP contribution in [0.15, 0.2) is 42.7 Å². The van der Waals surface area contributed by atoms with E-state index in [1.807, 2.05) is 35.3 Å². The second-order valence-corrected chi connectivity index (χ2v) is 4.69. The first-order valence-electron chi connectivity index (χ1n) is 6.19. The van der Waals surface area contributed by atoms with Gasteiger partial charge < -0.3 is 4.74 Å². The van der Waals surface area contributed by atoms with Crippen molar-refractivity contribution in [1.29, 1.82) is 0 Å². The molecule has 94 valence electrons. The van der Waals surface area contributed by atoms with Crippen LogP contribution in [0.1, 0.15) is 11.6 Å². The van der Waals surface area contributed by atoms with Gasteiger partial charge in [-0.2, -0.15) is 5.10 Å². The summed E-state index contributed by atoms with van der Waals surface area (Å²) in [6, 6.07) is 10.8. The number of hydrogen-bond donors (Lipinski definition) is 0. The molecular weight excluding hydrogens is 226 g/mol. The highest BCUT2D eigenvalue weighted by atomic mass is 16.5. The molecule has 0 amide bonds. The van der Waals surface area contributed by atoms with E-state index in [9.17, 15) is 0 Å². The molecule has 1 saturated heterocycles.